The molecule has 0 unspecified atom stereocenters. The Hall–Kier alpha value is -1.39. The van der Waals surface area contributed by atoms with E-state index in [1.807, 2.05) is 4.90 Å². The summed E-state index contributed by atoms with van der Waals surface area (Å²) in [5.41, 5.74) is 10.3. The Kier molecular flexibility index (Phi) is 7.31. The van der Waals surface area contributed by atoms with Crippen LogP contribution in [0.5, 0.6) is 0 Å². The molecule has 2 N–H and O–H groups in total. The van der Waals surface area contributed by atoms with Crippen molar-refractivity contribution in [1.29, 1.82) is 0 Å². The van der Waals surface area contributed by atoms with Crippen molar-refractivity contribution in [1.82, 2.24) is 9.80 Å². The molecule has 1 atom stereocenters. The van der Waals surface area contributed by atoms with Gasteiger partial charge in [0.2, 0.25) is 5.91 Å². The van der Waals surface area contributed by atoms with Gasteiger partial charge >= 0.3 is 0 Å². The maximum atomic E-state index is 12.9. The molecule has 150 valence electrons. The SMILES string of the molecule is CCc1ccc(C[C@@H](N)C(=O)N2CCC(N3CCCCC3)CC2)cc1CC. The van der Waals surface area contributed by atoms with E-state index in [0.29, 0.717) is 12.5 Å². The van der Waals surface area contributed by atoms with Crippen molar-refractivity contribution in [3.8, 4) is 0 Å². The molecule has 2 aliphatic rings. The molecule has 1 aromatic rings. The number of carbonyl (C=O) groups excluding carboxylic acids is 1. The predicted octanol–water partition coefficient (Wildman–Crippen LogP) is 3.16. The van der Waals surface area contributed by atoms with Crippen molar-refractivity contribution < 1.29 is 4.79 Å². The van der Waals surface area contributed by atoms with Gasteiger partial charge in [-0.25, -0.2) is 0 Å². The molecule has 0 aromatic heterocycles. The molecule has 2 fully saturated rings. The normalized spacial score (nSPS) is 20.6. The van der Waals surface area contributed by atoms with Gasteiger partial charge in [0.1, 0.15) is 0 Å². The molecule has 0 bridgehead atoms. The lowest BCUT2D eigenvalue weighted by Gasteiger charge is -2.40. The minimum absolute atomic E-state index is 0.129. The van der Waals surface area contributed by atoms with E-state index in [-0.39, 0.29) is 5.91 Å². The standard InChI is InChI=1S/C23H37N3O/c1-3-19-9-8-18(16-20(19)4-2)17-22(24)23(27)26-14-10-21(11-15-26)25-12-6-5-7-13-25/h8-9,16,21-22H,3-7,10-15,17,24H2,1-2H3/t22-/m1/s1. The van der Waals surface area contributed by atoms with E-state index in [9.17, 15) is 4.79 Å². The number of carbonyl (C=O) groups is 1. The van der Waals surface area contributed by atoms with E-state index < -0.39 is 6.04 Å². The molecule has 1 aromatic carbocycles. The molecule has 2 aliphatic heterocycles. The first kappa shape index (κ1) is 20.3. The first-order valence-corrected chi connectivity index (χ1v) is 11.0. The van der Waals surface area contributed by atoms with Crippen molar-refractivity contribution in [3.63, 3.8) is 0 Å². The molecule has 3 rings (SSSR count). The summed E-state index contributed by atoms with van der Waals surface area (Å²) >= 11 is 0. The highest BCUT2D eigenvalue weighted by molar-refractivity contribution is 5.82. The highest BCUT2D eigenvalue weighted by Crippen LogP contribution is 2.22. The van der Waals surface area contributed by atoms with Crippen LogP contribution in [0, 0.1) is 0 Å². The fourth-order valence-electron chi connectivity index (χ4n) is 4.79. The lowest BCUT2D eigenvalue weighted by Crippen LogP contribution is -2.52. The third-order valence-corrected chi connectivity index (χ3v) is 6.49. The fourth-order valence-corrected chi connectivity index (χ4v) is 4.79. The summed E-state index contributed by atoms with van der Waals surface area (Å²) in [5, 5.41) is 0. The van der Waals surface area contributed by atoms with Gasteiger partial charge in [-0.3, -0.25) is 4.79 Å². The van der Waals surface area contributed by atoms with Crippen LogP contribution >= 0.6 is 0 Å². The van der Waals surface area contributed by atoms with E-state index in [1.54, 1.807) is 0 Å². The Bertz CT molecular complexity index is 616. The van der Waals surface area contributed by atoms with E-state index in [4.69, 9.17) is 5.73 Å². The van der Waals surface area contributed by atoms with Crippen LogP contribution in [-0.4, -0.2) is 54.0 Å². The number of rotatable bonds is 6. The first-order valence-electron chi connectivity index (χ1n) is 11.0. The van der Waals surface area contributed by atoms with Gasteiger partial charge in [-0.1, -0.05) is 38.5 Å². The molecule has 4 heteroatoms. The van der Waals surface area contributed by atoms with Gasteiger partial charge < -0.3 is 15.5 Å². The number of hydrogen-bond acceptors (Lipinski definition) is 3. The van der Waals surface area contributed by atoms with Gasteiger partial charge in [0.05, 0.1) is 6.04 Å². The smallest absolute Gasteiger partial charge is 0.239 e. The Labute approximate surface area is 165 Å². The van der Waals surface area contributed by atoms with Crippen LogP contribution in [0.15, 0.2) is 18.2 Å². The Morgan fingerprint density at radius 3 is 2.33 bits per heavy atom. The molecular weight excluding hydrogens is 334 g/mol. The monoisotopic (exact) mass is 371 g/mol. The minimum Gasteiger partial charge on any atom is -0.341 e. The molecule has 0 saturated carbocycles. The number of nitrogens with zero attached hydrogens (tertiary/aromatic N) is 2. The highest BCUT2D eigenvalue weighted by Gasteiger charge is 2.29. The molecule has 4 nitrogen and oxygen atoms in total. The predicted molar refractivity (Wildman–Crippen MR) is 112 cm³/mol. The zero-order chi connectivity index (χ0) is 19.2. The minimum atomic E-state index is -0.422. The van der Waals surface area contributed by atoms with Crippen LogP contribution in [0.25, 0.3) is 0 Å². The van der Waals surface area contributed by atoms with Gasteiger partial charge in [0, 0.05) is 19.1 Å². The average Bonchev–Trinajstić information content (AvgIpc) is 2.73. The first-order chi connectivity index (χ1) is 13.1. The number of nitrogens with two attached hydrogens (primary N) is 1. The summed E-state index contributed by atoms with van der Waals surface area (Å²) in [5.74, 6) is 0.129. The summed E-state index contributed by atoms with van der Waals surface area (Å²) in [4.78, 5) is 17.5. The fraction of sp³-hybridized carbons (Fsp3) is 0.696. The molecule has 1 amide bonds. The van der Waals surface area contributed by atoms with Crippen LogP contribution in [-0.2, 0) is 24.1 Å². The van der Waals surface area contributed by atoms with Gasteiger partial charge in [-0.15, -0.1) is 0 Å². The number of amides is 1. The zero-order valence-corrected chi connectivity index (χ0v) is 17.3. The van der Waals surface area contributed by atoms with Crippen LogP contribution in [0.4, 0.5) is 0 Å². The van der Waals surface area contributed by atoms with E-state index in [1.165, 1.54) is 49.0 Å². The number of piperidine rings is 2. The Balaban J connectivity index is 1.52. The summed E-state index contributed by atoms with van der Waals surface area (Å²) in [6.07, 6.45) is 8.97. The summed E-state index contributed by atoms with van der Waals surface area (Å²) in [7, 11) is 0. The summed E-state index contributed by atoms with van der Waals surface area (Å²) in [6, 6.07) is 6.84. The molecule has 0 aliphatic carbocycles. The maximum Gasteiger partial charge on any atom is 0.239 e. The zero-order valence-electron chi connectivity index (χ0n) is 17.3. The Morgan fingerprint density at radius 1 is 1.04 bits per heavy atom. The number of benzene rings is 1. The topological polar surface area (TPSA) is 49.6 Å². The highest BCUT2D eigenvalue weighted by atomic mass is 16.2. The molecular formula is C23H37N3O. The largest absolute Gasteiger partial charge is 0.341 e. The van der Waals surface area contributed by atoms with Crippen molar-refractivity contribution in [2.45, 2.75) is 77.3 Å². The number of hydrogen-bond donors (Lipinski definition) is 1. The van der Waals surface area contributed by atoms with Gasteiger partial charge in [0.15, 0.2) is 0 Å². The van der Waals surface area contributed by atoms with Crippen LogP contribution < -0.4 is 5.73 Å². The second kappa shape index (κ2) is 9.70. The van der Waals surface area contributed by atoms with Crippen molar-refractivity contribution in [2.24, 2.45) is 5.73 Å². The van der Waals surface area contributed by atoms with Crippen LogP contribution in [0.1, 0.15) is 62.6 Å². The summed E-state index contributed by atoms with van der Waals surface area (Å²) in [6.45, 7) is 8.59. The van der Waals surface area contributed by atoms with Gasteiger partial charge in [-0.2, -0.15) is 0 Å². The van der Waals surface area contributed by atoms with Gasteiger partial charge in [-0.05, 0) is 74.7 Å². The van der Waals surface area contributed by atoms with Gasteiger partial charge in [0.25, 0.3) is 0 Å². The summed E-state index contributed by atoms with van der Waals surface area (Å²) < 4.78 is 0. The second-order valence-corrected chi connectivity index (χ2v) is 8.27. The van der Waals surface area contributed by atoms with E-state index >= 15 is 0 Å². The lowest BCUT2D eigenvalue weighted by atomic mass is 9.96. The quantitative estimate of drug-likeness (QED) is 0.836. The Morgan fingerprint density at radius 2 is 1.70 bits per heavy atom. The lowest BCUT2D eigenvalue weighted by molar-refractivity contribution is -0.134. The van der Waals surface area contributed by atoms with Crippen LogP contribution in [0.3, 0.4) is 0 Å². The number of likely N-dealkylation sites (tertiary alicyclic amines) is 2. The number of aryl methyl sites for hydroxylation is 2. The molecule has 27 heavy (non-hydrogen) atoms. The molecule has 0 spiro atoms. The van der Waals surface area contributed by atoms with Crippen LogP contribution in [0.2, 0.25) is 0 Å². The van der Waals surface area contributed by atoms with Crippen molar-refractivity contribution >= 4 is 5.91 Å². The van der Waals surface area contributed by atoms with Crippen molar-refractivity contribution in [2.75, 3.05) is 26.2 Å². The third kappa shape index (κ3) is 5.11. The second-order valence-electron chi connectivity index (χ2n) is 8.27. The average molecular weight is 372 g/mol. The van der Waals surface area contributed by atoms with E-state index in [0.717, 1.165) is 38.8 Å². The van der Waals surface area contributed by atoms with E-state index in [2.05, 4.69) is 36.9 Å². The molecule has 2 saturated heterocycles. The van der Waals surface area contributed by atoms with Crippen molar-refractivity contribution in [3.05, 3.63) is 34.9 Å². The molecule has 0 radical (unpaired) electrons. The molecule has 2 heterocycles. The maximum absolute atomic E-state index is 12.9. The third-order valence-electron chi connectivity index (χ3n) is 6.49.